The molecule has 1 rings (SSSR count). The van der Waals surface area contributed by atoms with E-state index in [0.717, 1.165) is 32.2 Å². The van der Waals surface area contributed by atoms with E-state index in [1.807, 2.05) is 6.08 Å². The van der Waals surface area contributed by atoms with E-state index in [1.54, 1.807) is 0 Å². The third-order valence-electron chi connectivity index (χ3n) is 5.51. The average Bonchev–Trinajstić information content (AvgIpc) is 3.46. The van der Waals surface area contributed by atoms with Crippen LogP contribution in [-0.2, 0) is 4.79 Å². The van der Waals surface area contributed by atoms with E-state index in [2.05, 4.69) is 50.1 Å². The van der Waals surface area contributed by atoms with E-state index in [1.165, 1.54) is 25.7 Å². The van der Waals surface area contributed by atoms with E-state index in [-0.39, 0.29) is 18.0 Å². The van der Waals surface area contributed by atoms with Crippen LogP contribution in [0.5, 0.6) is 0 Å². The van der Waals surface area contributed by atoms with Gasteiger partial charge in [0.15, 0.2) is 0 Å². The van der Waals surface area contributed by atoms with Gasteiger partial charge in [-0.2, -0.15) is 0 Å². The lowest BCUT2D eigenvalue weighted by molar-refractivity contribution is -0.120. The zero-order chi connectivity index (χ0) is 19.4. The Morgan fingerprint density at radius 2 is 1.92 bits per heavy atom. The second kappa shape index (κ2) is 13.1. The van der Waals surface area contributed by atoms with Gasteiger partial charge in [0.2, 0.25) is 5.91 Å². The van der Waals surface area contributed by atoms with E-state index in [0.29, 0.717) is 17.9 Å². The maximum atomic E-state index is 11.9. The Hall–Kier alpha value is -1.13. The quantitative estimate of drug-likeness (QED) is 0.271. The Balaban J connectivity index is 2.33. The molecule has 1 aliphatic rings. The van der Waals surface area contributed by atoms with Crippen LogP contribution < -0.4 is 16.4 Å². The average molecular weight is 364 g/mol. The molecule has 4 unspecified atom stereocenters. The number of amides is 1. The fourth-order valence-corrected chi connectivity index (χ4v) is 3.56. The summed E-state index contributed by atoms with van der Waals surface area (Å²) in [6.07, 6.45) is 15.5. The van der Waals surface area contributed by atoms with Crippen LogP contribution in [0.15, 0.2) is 24.8 Å². The van der Waals surface area contributed by atoms with Gasteiger partial charge in [-0.05, 0) is 38.1 Å². The third kappa shape index (κ3) is 9.00. The Bertz CT molecular complexity index is 429. The van der Waals surface area contributed by atoms with E-state index >= 15 is 0 Å². The Morgan fingerprint density at radius 1 is 1.19 bits per heavy atom. The first-order chi connectivity index (χ1) is 12.5. The molecule has 0 saturated heterocycles. The van der Waals surface area contributed by atoms with Gasteiger partial charge in [-0.15, -0.1) is 6.58 Å². The van der Waals surface area contributed by atoms with Gasteiger partial charge in [-0.25, -0.2) is 0 Å². The zero-order valence-electron chi connectivity index (χ0n) is 17.2. The van der Waals surface area contributed by atoms with Gasteiger partial charge < -0.3 is 11.1 Å². The molecule has 0 bridgehead atoms. The fourth-order valence-electron chi connectivity index (χ4n) is 3.56. The molecule has 0 radical (unpaired) electrons. The normalized spacial score (nSPS) is 18.3. The van der Waals surface area contributed by atoms with Gasteiger partial charge in [0.05, 0.1) is 6.04 Å². The summed E-state index contributed by atoms with van der Waals surface area (Å²) >= 11 is 0. The van der Waals surface area contributed by atoms with Crippen molar-refractivity contribution in [1.29, 1.82) is 0 Å². The van der Waals surface area contributed by atoms with Crippen molar-refractivity contribution in [2.24, 2.45) is 17.6 Å². The van der Waals surface area contributed by atoms with E-state index in [9.17, 15) is 4.79 Å². The van der Waals surface area contributed by atoms with Crippen molar-refractivity contribution >= 4 is 5.91 Å². The summed E-state index contributed by atoms with van der Waals surface area (Å²) in [6.45, 7) is 11.6. The minimum absolute atomic E-state index is 0.140. The first-order valence-electron chi connectivity index (χ1n) is 10.6. The Labute approximate surface area is 161 Å². The summed E-state index contributed by atoms with van der Waals surface area (Å²) in [7, 11) is 0. The van der Waals surface area contributed by atoms with Crippen molar-refractivity contribution in [3.05, 3.63) is 24.8 Å². The summed E-state index contributed by atoms with van der Waals surface area (Å²) in [6, 6.07) is 0.400. The monoisotopic (exact) mass is 363 g/mol. The van der Waals surface area contributed by atoms with E-state index < -0.39 is 0 Å². The number of carbonyl (C=O) groups is 1. The van der Waals surface area contributed by atoms with Crippen LogP contribution in [0.25, 0.3) is 0 Å². The Kier molecular flexibility index (Phi) is 11.5. The summed E-state index contributed by atoms with van der Waals surface area (Å²) in [5.74, 6) is 0.837. The number of rotatable bonds is 17. The van der Waals surface area contributed by atoms with Gasteiger partial charge in [-0.3, -0.25) is 10.1 Å². The highest BCUT2D eigenvalue weighted by Gasteiger charge is 2.23. The molecule has 0 aromatic carbocycles. The summed E-state index contributed by atoms with van der Waals surface area (Å²) in [5, 5.41) is 7.04. The van der Waals surface area contributed by atoms with Crippen molar-refractivity contribution in [1.82, 2.24) is 10.6 Å². The lowest BCUT2D eigenvalue weighted by atomic mass is 9.94. The largest absolute Gasteiger partial charge is 0.368 e. The molecule has 1 aliphatic carbocycles. The molecule has 4 heteroatoms. The second-order valence-corrected chi connectivity index (χ2v) is 7.78. The molecule has 1 amide bonds. The van der Waals surface area contributed by atoms with Crippen LogP contribution in [0.1, 0.15) is 72.1 Å². The highest BCUT2D eigenvalue weighted by atomic mass is 16.1. The third-order valence-corrected chi connectivity index (χ3v) is 5.51. The standard InChI is InChI=1S/C22H41N3O/c1-5-8-9-10-12-17(4)19(6-2)25-21(22(23)26)13-11-16-24-20(7-3)18-14-15-18/h6,14-15,17-21,24-25H,2,5,7-13,16H2,1,3-4H3,(H2,23,26). The molecule has 0 aromatic heterocycles. The van der Waals surface area contributed by atoms with Crippen molar-refractivity contribution < 1.29 is 4.79 Å². The predicted molar refractivity (Wildman–Crippen MR) is 112 cm³/mol. The van der Waals surface area contributed by atoms with Gasteiger partial charge in [0.1, 0.15) is 0 Å². The highest BCUT2D eigenvalue weighted by Crippen LogP contribution is 2.22. The number of unbranched alkanes of at least 4 members (excludes halogenated alkanes) is 3. The van der Waals surface area contributed by atoms with E-state index in [4.69, 9.17) is 5.73 Å². The van der Waals surface area contributed by atoms with Crippen LogP contribution in [-0.4, -0.2) is 30.6 Å². The van der Waals surface area contributed by atoms with Crippen molar-refractivity contribution in [3.8, 4) is 0 Å². The van der Waals surface area contributed by atoms with Crippen LogP contribution in [0, 0.1) is 11.8 Å². The second-order valence-electron chi connectivity index (χ2n) is 7.78. The molecule has 26 heavy (non-hydrogen) atoms. The summed E-state index contributed by atoms with van der Waals surface area (Å²) in [4.78, 5) is 11.9. The lowest BCUT2D eigenvalue weighted by Gasteiger charge is -2.27. The zero-order valence-corrected chi connectivity index (χ0v) is 17.2. The number of hydrogen-bond acceptors (Lipinski definition) is 3. The van der Waals surface area contributed by atoms with Crippen LogP contribution in [0.3, 0.4) is 0 Å². The van der Waals surface area contributed by atoms with Crippen molar-refractivity contribution in [2.75, 3.05) is 6.54 Å². The number of hydrogen-bond donors (Lipinski definition) is 3. The van der Waals surface area contributed by atoms with Gasteiger partial charge >= 0.3 is 0 Å². The topological polar surface area (TPSA) is 67.2 Å². The maximum Gasteiger partial charge on any atom is 0.234 e. The lowest BCUT2D eigenvalue weighted by Crippen LogP contribution is -2.48. The molecule has 4 nitrogen and oxygen atoms in total. The van der Waals surface area contributed by atoms with Gasteiger partial charge in [-0.1, -0.05) is 64.7 Å². The Morgan fingerprint density at radius 3 is 2.46 bits per heavy atom. The van der Waals surface area contributed by atoms with Gasteiger partial charge in [0, 0.05) is 18.0 Å². The molecule has 0 aromatic rings. The molecular formula is C22H41N3O. The smallest absolute Gasteiger partial charge is 0.234 e. The van der Waals surface area contributed by atoms with Gasteiger partial charge in [0.25, 0.3) is 0 Å². The minimum atomic E-state index is -0.281. The summed E-state index contributed by atoms with van der Waals surface area (Å²) < 4.78 is 0. The molecule has 4 atom stereocenters. The van der Waals surface area contributed by atoms with Crippen LogP contribution in [0.2, 0.25) is 0 Å². The number of nitrogens with one attached hydrogen (secondary N) is 2. The first-order valence-corrected chi connectivity index (χ1v) is 10.6. The molecule has 0 saturated carbocycles. The molecule has 0 aliphatic heterocycles. The van der Waals surface area contributed by atoms with Crippen LogP contribution in [0.4, 0.5) is 0 Å². The molecule has 4 N–H and O–H groups in total. The van der Waals surface area contributed by atoms with Crippen LogP contribution >= 0.6 is 0 Å². The number of primary amides is 1. The minimum Gasteiger partial charge on any atom is -0.368 e. The van der Waals surface area contributed by atoms with Crippen molar-refractivity contribution in [3.63, 3.8) is 0 Å². The molecule has 0 spiro atoms. The molecule has 150 valence electrons. The predicted octanol–water partition coefficient (Wildman–Crippen LogP) is 3.93. The molecule has 0 heterocycles. The molecule has 0 fully saturated rings. The number of nitrogens with two attached hydrogens (primary N) is 1. The summed E-state index contributed by atoms with van der Waals surface area (Å²) in [5.41, 5.74) is 5.64. The highest BCUT2D eigenvalue weighted by molar-refractivity contribution is 5.79. The number of carbonyl (C=O) groups excluding carboxylic acids is 1. The first kappa shape index (κ1) is 22.9. The SMILES string of the molecule is C=CC(NC(CCCNC(CC)C1C=C1)C(N)=O)C(C)CCCCCC. The van der Waals surface area contributed by atoms with Crippen molar-refractivity contribution in [2.45, 2.75) is 90.3 Å². The molecular weight excluding hydrogens is 322 g/mol. The fraction of sp³-hybridized carbons (Fsp3) is 0.773. The maximum absolute atomic E-state index is 11.9.